The maximum atomic E-state index is 14.9. The van der Waals surface area contributed by atoms with Gasteiger partial charge in [-0.2, -0.15) is 0 Å². The average molecular weight is 730 g/mol. The van der Waals surface area contributed by atoms with Crippen molar-refractivity contribution in [1.82, 2.24) is 4.90 Å². The Bertz CT molecular complexity index is 1820. The summed E-state index contributed by atoms with van der Waals surface area (Å²) in [6.07, 6.45) is 13.7. The molecule has 1 aromatic carbocycles. The fourth-order valence-corrected chi connectivity index (χ4v) is 8.61. The lowest BCUT2D eigenvalue weighted by molar-refractivity contribution is -0.171. The molecule has 4 bridgehead atoms. The van der Waals surface area contributed by atoms with Gasteiger partial charge in [-0.15, -0.1) is 0 Å². The first-order valence-electron chi connectivity index (χ1n) is 19.1. The summed E-state index contributed by atoms with van der Waals surface area (Å²) in [4.78, 5) is 44.6. The number of phenolic OH excluding ortho intramolecular Hbond substituents is 2. The van der Waals surface area contributed by atoms with Crippen LogP contribution in [0.5, 0.6) is 17.2 Å². The molecule has 9 nitrogen and oxygen atoms in total. The zero-order chi connectivity index (χ0) is 39.0. The number of esters is 1. The molecule has 4 unspecified atom stereocenters. The summed E-state index contributed by atoms with van der Waals surface area (Å²) in [6.45, 7) is 16.7. The third-order valence-corrected chi connectivity index (χ3v) is 11.4. The van der Waals surface area contributed by atoms with Crippen LogP contribution < -0.4 is 4.74 Å². The van der Waals surface area contributed by atoms with Crippen LogP contribution in [0.1, 0.15) is 115 Å². The molecule has 5 aliphatic rings. The van der Waals surface area contributed by atoms with E-state index < -0.39 is 40.4 Å². The van der Waals surface area contributed by atoms with E-state index in [1.807, 2.05) is 60.9 Å². The Kier molecular flexibility index (Phi) is 11.7. The number of ether oxygens (including phenoxy) is 3. The summed E-state index contributed by atoms with van der Waals surface area (Å²) in [6, 6.07) is 0. The fourth-order valence-electron chi connectivity index (χ4n) is 8.61. The van der Waals surface area contributed by atoms with Crippen molar-refractivity contribution in [2.75, 3.05) is 27.2 Å². The molecule has 1 aromatic rings. The molecule has 2 N–H and O–H groups in total. The second kappa shape index (κ2) is 15.4. The summed E-state index contributed by atoms with van der Waals surface area (Å²) in [5.41, 5.74) is 0.573. The number of phenols is 2. The molecule has 1 saturated heterocycles. The lowest BCUT2D eigenvalue weighted by Crippen LogP contribution is -2.72. The van der Waals surface area contributed by atoms with Gasteiger partial charge in [0.25, 0.3) is 0 Å². The van der Waals surface area contributed by atoms with Crippen molar-refractivity contribution in [3.05, 3.63) is 74.9 Å². The monoisotopic (exact) mass is 729 g/mol. The number of Topliss-reactive ketones (excluding diaryl/α,β-unsaturated/α-hetero) is 2. The predicted octanol–water partition coefficient (Wildman–Crippen LogP) is 8.07. The third kappa shape index (κ3) is 7.31. The van der Waals surface area contributed by atoms with E-state index in [4.69, 9.17) is 14.2 Å². The number of carbonyl (C=O) groups is 3. The van der Waals surface area contributed by atoms with Gasteiger partial charge in [0.05, 0.1) is 12.2 Å². The van der Waals surface area contributed by atoms with Crippen LogP contribution in [0.15, 0.2) is 58.2 Å². The summed E-state index contributed by atoms with van der Waals surface area (Å²) in [5.74, 6) is -2.48. The van der Waals surface area contributed by atoms with E-state index >= 15 is 0 Å². The van der Waals surface area contributed by atoms with Gasteiger partial charge in [0.2, 0.25) is 0 Å². The quantitative estimate of drug-likeness (QED) is 0.0799. The molecule has 0 amide bonds. The van der Waals surface area contributed by atoms with Crippen molar-refractivity contribution in [3.63, 3.8) is 0 Å². The third-order valence-electron chi connectivity index (χ3n) is 11.4. The SMILES string of the molecule is CC(C)=CCC/C(C)=C/Cc1c(O)c(CC=C(C)C)c2c(c1O)C(=O)C1=CC3CC4C(C)(C)OC(C/C=C(/C)C(=O)OCCCCN(C)C)(C3=O)C14O2. The number of benzene rings is 1. The van der Waals surface area contributed by atoms with Gasteiger partial charge in [0.15, 0.2) is 22.8 Å². The molecule has 0 radical (unpaired) electrons. The van der Waals surface area contributed by atoms with Crippen molar-refractivity contribution in [2.24, 2.45) is 11.8 Å². The molecule has 53 heavy (non-hydrogen) atoms. The second-order valence-corrected chi connectivity index (χ2v) is 16.7. The van der Waals surface area contributed by atoms with Crippen molar-refractivity contribution < 1.29 is 38.8 Å². The highest BCUT2D eigenvalue weighted by Gasteiger charge is 2.81. The van der Waals surface area contributed by atoms with Crippen LogP contribution in [0.25, 0.3) is 0 Å². The largest absolute Gasteiger partial charge is 0.507 e. The Balaban J connectivity index is 1.58. The molecule has 0 aromatic heterocycles. The summed E-state index contributed by atoms with van der Waals surface area (Å²) < 4.78 is 19.5. The van der Waals surface area contributed by atoms with Crippen LogP contribution in [-0.4, -0.2) is 76.7 Å². The highest BCUT2D eigenvalue weighted by molar-refractivity contribution is 6.18. The van der Waals surface area contributed by atoms with Gasteiger partial charge in [-0.3, -0.25) is 9.59 Å². The first kappa shape index (κ1) is 40.2. The van der Waals surface area contributed by atoms with E-state index in [-0.39, 0.29) is 60.0 Å². The number of hydrogen-bond acceptors (Lipinski definition) is 9. The highest BCUT2D eigenvalue weighted by atomic mass is 16.6. The molecule has 2 fully saturated rings. The maximum absolute atomic E-state index is 14.9. The van der Waals surface area contributed by atoms with Gasteiger partial charge in [-0.05, 0) is 121 Å². The average Bonchev–Trinajstić information content (AvgIpc) is 3.23. The van der Waals surface area contributed by atoms with Gasteiger partial charge < -0.3 is 29.3 Å². The summed E-state index contributed by atoms with van der Waals surface area (Å²) in [5, 5.41) is 23.7. The van der Waals surface area contributed by atoms with E-state index in [1.54, 1.807) is 19.1 Å². The standard InChI is InChI=1S/C44H59NO8/c1-26(2)14-13-15-28(5)17-19-31-36(46)32(18-16-27(3)4)39-35(37(31)47)38(48)33-24-30-25-34-42(7,8)53-43(40(30)49,44(33,34)52-39)21-20-29(6)41(50)51-23-12-11-22-45(9)10/h14,16-17,20,24,30,34,46-47H,11-13,15,18-19,21-23,25H2,1-10H3/b28-17+,29-20-. The number of carbonyl (C=O) groups excluding carboxylic acids is 3. The van der Waals surface area contributed by atoms with Crippen molar-refractivity contribution >= 4 is 17.5 Å². The first-order chi connectivity index (χ1) is 24.9. The molecule has 3 aliphatic carbocycles. The Morgan fingerprint density at radius 1 is 0.943 bits per heavy atom. The molecule has 4 atom stereocenters. The van der Waals surface area contributed by atoms with Crippen molar-refractivity contribution in [3.8, 4) is 17.2 Å². The van der Waals surface area contributed by atoms with Crippen LogP contribution in [0.2, 0.25) is 0 Å². The smallest absolute Gasteiger partial charge is 0.333 e. The highest BCUT2D eigenvalue weighted by Crippen LogP contribution is 2.68. The molecule has 9 heteroatoms. The molecule has 288 valence electrons. The molecular weight excluding hydrogens is 670 g/mol. The number of ketones is 2. The zero-order valence-electron chi connectivity index (χ0n) is 33.4. The Labute approximate surface area is 315 Å². The van der Waals surface area contributed by atoms with Gasteiger partial charge in [0, 0.05) is 40.5 Å². The number of rotatable bonds is 15. The van der Waals surface area contributed by atoms with Gasteiger partial charge in [-0.1, -0.05) is 47.1 Å². The maximum Gasteiger partial charge on any atom is 0.333 e. The van der Waals surface area contributed by atoms with Crippen LogP contribution in [0, 0.1) is 11.8 Å². The number of unbranched alkanes of at least 4 members (excludes halogenated alkanes) is 1. The number of fused-ring (bicyclic) bond motifs is 1. The van der Waals surface area contributed by atoms with Crippen LogP contribution in [0.3, 0.4) is 0 Å². The Morgan fingerprint density at radius 3 is 2.28 bits per heavy atom. The number of aromatic hydroxyl groups is 2. The van der Waals surface area contributed by atoms with Gasteiger partial charge in [-0.25, -0.2) is 4.79 Å². The van der Waals surface area contributed by atoms with E-state index in [1.165, 1.54) is 5.57 Å². The van der Waals surface area contributed by atoms with E-state index in [9.17, 15) is 24.6 Å². The lowest BCUT2D eigenvalue weighted by atomic mass is 9.51. The summed E-state index contributed by atoms with van der Waals surface area (Å²) in [7, 11) is 4.00. The minimum Gasteiger partial charge on any atom is -0.507 e. The van der Waals surface area contributed by atoms with E-state index in [0.717, 1.165) is 43.4 Å². The molecule has 2 heterocycles. The molecular formula is C44H59NO8. The number of hydrogen-bond donors (Lipinski definition) is 2. The second-order valence-electron chi connectivity index (χ2n) is 16.7. The van der Waals surface area contributed by atoms with E-state index in [0.29, 0.717) is 23.1 Å². The lowest BCUT2D eigenvalue weighted by Gasteiger charge is -2.56. The van der Waals surface area contributed by atoms with Crippen LogP contribution in [-0.2, 0) is 31.9 Å². The van der Waals surface area contributed by atoms with Crippen LogP contribution >= 0.6 is 0 Å². The van der Waals surface area contributed by atoms with Gasteiger partial charge in [0.1, 0.15) is 22.8 Å². The van der Waals surface area contributed by atoms with Crippen LogP contribution in [0.4, 0.5) is 0 Å². The molecule has 6 rings (SSSR count). The number of nitrogens with zero attached hydrogens (tertiary/aromatic N) is 1. The predicted molar refractivity (Wildman–Crippen MR) is 206 cm³/mol. The minimum atomic E-state index is -1.63. The molecule has 2 aliphatic heterocycles. The summed E-state index contributed by atoms with van der Waals surface area (Å²) >= 11 is 0. The number of allylic oxidation sites excluding steroid dienone is 7. The molecule has 1 saturated carbocycles. The Morgan fingerprint density at radius 2 is 1.62 bits per heavy atom. The fraction of sp³-hybridized carbons (Fsp3) is 0.568. The van der Waals surface area contributed by atoms with Crippen molar-refractivity contribution in [2.45, 2.75) is 124 Å². The van der Waals surface area contributed by atoms with Crippen molar-refractivity contribution in [1.29, 1.82) is 0 Å². The Hall–Kier alpha value is -3.95. The zero-order valence-corrected chi connectivity index (χ0v) is 33.4. The minimum absolute atomic E-state index is 0.000604. The normalized spacial score (nSPS) is 25.5. The molecule has 1 spiro atoms. The topological polar surface area (TPSA) is 123 Å². The first-order valence-corrected chi connectivity index (χ1v) is 19.1. The van der Waals surface area contributed by atoms with Gasteiger partial charge >= 0.3 is 5.97 Å². The van der Waals surface area contributed by atoms with E-state index in [2.05, 4.69) is 24.8 Å².